The molecule has 4 N–H and O–H groups in total. The van der Waals surface area contributed by atoms with E-state index in [0.29, 0.717) is 48.4 Å². The molecule has 4 heterocycles. The van der Waals surface area contributed by atoms with E-state index in [4.69, 9.17) is 0 Å². The van der Waals surface area contributed by atoms with E-state index in [1.807, 2.05) is 51.2 Å². The Morgan fingerprint density at radius 1 is 1.09 bits per heavy atom. The Bertz CT molecular complexity index is 1610. The second-order valence-electron chi connectivity index (χ2n) is 11.1. The molecule has 4 aromatic rings. The highest BCUT2D eigenvalue weighted by molar-refractivity contribution is 7.09. The number of hydrogen-bond acceptors (Lipinski definition) is 7. The van der Waals surface area contributed by atoms with Crippen molar-refractivity contribution in [2.24, 2.45) is 13.0 Å². The summed E-state index contributed by atoms with van der Waals surface area (Å²) in [6.07, 6.45) is 6.87. The van der Waals surface area contributed by atoms with Crippen LogP contribution < -0.4 is 21.3 Å². The zero-order valence-electron chi connectivity index (χ0n) is 24.4. The number of carbonyl (C=O) groups is 4. The number of aryl methyl sites for hydroxylation is 1. The van der Waals surface area contributed by atoms with Gasteiger partial charge in [0.1, 0.15) is 34.0 Å². The minimum Gasteiger partial charge on any atom is -0.354 e. The number of nitrogens with zero attached hydrogens (tertiary/aromatic N) is 4. The SMILES string of the molecule is CC(C)[C@H]1NC(=O)[C@@H](NC(=O)c2cnn3ccn(C)c23)CCCCNC(=O)[C@@H](Cc2ccccc2)NC(=O)c2csc1n2. The maximum absolute atomic E-state index is 13.6. The first kappa shape index (κ1) is 30.0. The number of benzene rings is 1. The monoisotopic (exact) mass is 604 g/mol. The van der Waals surface area contributed by atoms with Crippen molar-refractivity contribution in [2.45, 2.75) is 57.7 Å². The van der Waals surface area contributed by atoms with Crippen molar-refractivity contribution in [3.05, 3.63) is 76.1 Å². The van der Waals surface area contributed by atoms with Crippen LogP contribution in [0.1, 0.15) is 70.6 Å². The summed E-state index contributed by atoms with van der Waals surface area (Å²) in [5, 5.41) is 18.2. The highest BCUT2D eigenvalue weighted by Crippen LogP contribution is 2.26. The molecule has 5 rings (SSSR count). The Morgan fingerprint density at radius 2 is 1.88 bits per heavy atom. The highest BCUT2D eigenvalue weighted by atomic mass is 32.1. The number of aromatic nitrogens is 4. The van der Waals surface area contributed by atoms with E-state index in [0.717, 1.165) is 5.56 Å². The van der Waals surface area contributed by atoms with Gasteiger partial charge in [0.05, 0.1) is 12.2 Å². The Morgan fingerprint density at radius 3 is 2.65 bits per heavy atom. The van der Waals surface area contributed by atoms with Gasteiger partial charge in [0.15, 0.2) is 0 Å². The van der Waals surface area contributed by atoms with Crippen LogP contribution in [0, 0.1) is 5.92 Å². The van der Waals surface area contributed by atoms with Crippen molar-refractivity contribution in [3.63, 3.8) is 0 Å². The molecule has 4 amide bonds. The first-order chi connectivity index (χ1) is 20.7. The summed E-state index contributed by atoms with van der Waals surface area (Å²) >= 11 is 1.27. The lowest BCUT2D eigenvalue weighted by Gasteiger charge is -2.25. The number of fused-ring (bicyclic) bond motifs is 3. The smallest absolute Gasteiger partial charge is 0.271 e. The predicted molar refractivity (Wildman–Crippen MR) is 162 cm³/mol. The lowest BCUT2D eigenvalue weighted by atomic mass is 10.0. The van der Waals surface area contributed by atoms with Crippen LogP contribution >= 0.6 is 11.3 Å². The minimum absolute atomic E-state index is 0.0449. The van der Waals surface area contributed by atoms with Crippen molar-refractivity contribution in [3.8, 4) is 0 Å². The topological polar surface area (TPSA) is 152 Å². The Kier molecular flexibility index (Phi) is 9.19. The summed E-state index contributed by atoms with van der Waals surface area (Å²) in [6.45, 7) is 4.26. The van der Waals surface area contributed by atoms with Crippen LogP contribution in [-0.2, 0) is 23.1 Å². The first-order valence-corrected chi connectivity index (χ1v) is 15.3. The van der Waals surface area contributed by atoms with Gasteiger partial charge >= 0.3 is 0 Å². The maximum Gasteiger partial charge on any atom is 0.271 e. The van der Waals surface area contributed by atoms with Crippen LogP contribution in [0.3, 0.4) is 0 Å². The fourth-order valence-corrected chi connectivity index (χ4v) is 6.14. The number of carbonyl (C=O) groups excluding carboxylic acids is 4. The molecule has 0 aliphatic carbocycles. The lowest BCUT2D eigenvalue weighted by molar-refractivity contribution is -0.124. The van der Waals surface area contributed by atoms with Gasteiger partial charge in [0.25, 0.3) is 11.8 Å². The molecule has 0 fully saturated rings. The minimum atomic E-state index is -0.832. The van der Waals surface area contributed by atoms with E-state index in [2.05, 4.69) is 31.3 Å². The Hall–Kier alpha value is -4.52. The summed E-state index contributed by atoms with van der Waals surface area (Å²) in [6, 6.07) is 7.41. The zero-order chi connectivity index (χ0) is 30.5. The molecule has 0 spiro atoms. The van der Waals surface area contributed by atoms with Crippen molar-refractivity contribution >= 4 is 40.6 Å². The molecule has 226 valence electrons. The number of amides is 4. The second-order valence-corrected chi connectivity index (χ2v) is 12.0. The molecule has 1 aromatic carbocycles. The molecule has 12 nitrogen and oxygen atoms in total. The summed E-state index contributed by atoms with van der Waals surface area (Å²) in [4.78, 5) is 57.9. The van der Waals surface area contributed by atoms with Crippen LogP contribution in [0.4, 0.5) is 0 Å². The number of rotatable bonds is 5. The molecule has 3 aromatic heterocycles. The van der Waals surface area contributed by atoms with Crippen molar-refractivity contribution in [1.82, 2.24) is 40.4 Å². The van der Waals surface area contributed by atoms with E-state index in [1.165, 1.54) is 17.5 Å². The fourth-order valence-electron chi connectivity index (χ4n) is 5.12. The third-order valence-corrected chi connectivity index (χ3v) is 8.44. The average molecular weight is 605 g/mol. The van der Waals surface area contributed by atoms with Gasteiger partial charge < -0.3 is 25.8 Å². The van der Waals surface area contributed by atoms with Gasteiger partial charge in [0, 0.05) is 37.8 Å². The van der Waals surface area contributed by atoms with Crippen molar-refractivity contribution in [1.29, 1.82) is 0 Å². The number of imidazole rings is 1. The molecule has 0 saturated heterocycles. The van der Waals surface area contributed by atoms with Gasteiger partial charge in [-0.1, -0.05) is 44.2 Å². The number of nitrogens with one attached hydrogen (secondary N) is 4. The van der Waals surface area contributed by atoms with E-state index >= 15 is 0 Å². The number of hydrogen-bond donors (Lipinski definition) is 4. The van der Waals surface area contributed by atoms with E-state index in [-0.39, 0.29) is 23.4 Å². The van der Waals surface area contributed by atoms with Crippen molar-refractivity contribution in [2.75, 3.05) is 6.54 Å². The predicted octanol–water partition coefficient (Wildman–Crippen LogP) is 2.38. The molecule has 1 aliphatic heterocycles. The summed E-state index contributed by atoms with van der Waals surface area (Å²) in [7, 11) is 1.82. The van der Waals surface area contributed by atoms with Gasteiger partial charge in [-0.3, -0.25) is 19.2 Å². The molecule has 0 radical (unpaired) electrons. The molecule has 3 atom stereocenters. The third kappa shape index (κ3) is 6.94. The molecule has 13 heteroatoms. The third-order valence-electron chi connectivity index (χ3n) is 7.51. The van der Waals surface area contributed by atoms with Crippen LogP contribution in [0.2, 0.25) is 0 Å². The normalized spacial score (nSPS) is 20.5. The molecule has 0 saturated carbocycles. The molecular formula is C30H36N8O4S. The maximum atomic E-state index is 13.6. The standard InChI is InChI=1S/C30H36N8O4S/c1-18(2)24-29-35-23(17-43-29)28(42)34-22(15-19-9-5-4-6-10-19)26(40)31-12-8-7-11-21(27(41)36-24)33-25(39)20-16-32-38-14-13-37(3)30(20)38/h4-6,9-10,13-14,16-18,21-22,24H,7-8,11-12,15H2,1-3H3,(H,31,40)(H,33,39)(H,34,42)(H,36,41)/t21-,22+,24+/m0/s1. The van der Waals surface area contributed by atoms with E-state index < -0.39 is 29.9 Å². The molecule has 0 unspecified atom stereocenters. The van der Waals surface area contributed by atoms with Crippen LogP contribution in [0.5, 0.6) is 0 Å². The van der Waals surface area contributed by atoms with Crippen LogP contribution in [0.25, 0.3) is 5.65 Å². The summed E-state index contributed by atoms with van der Waals surface area (Å²) in [5.74, 6) is -1.55. The molecule has 2 bridgehead atoms. The van der Waals surface area contributed by atoms with Crippen LogP contribution in [-0.4, -0.2) is 61.4 Å². The second kappa shape index (κ2) is 13.2. The zero-order valence-corrected chi connectivity index (χ0v) is 25.2. The van der Waals surface area contributed by atoms with Gasteiger partial charge in [-0.05, 0) is 30.7 Å². The molecule has 43 heavy (non-hydrogen) atoms. The van der Waals surface area contributed by atoms with Crippen molar-refractivity contribution < 1.29 is 19.2 Å². The largest absolute Gasteiger partial charge is 0.354 e. The summed E-state index contributed by atoms with van der Waals surface area (Å²) < 4.78 is 3.40. The Balaban J connectivity index is 1.39. The van der Waals surface area contributed by atoms with Gasteiger partial charge in [-0.25, -0.2) is 9.50 Å². The molecular weight excluding hydrogens is 568 g/mol. The highest BCUT2D eigenvalue weighted by Gasteiger charge is 2.30. The fraction of sp³-hybridized carbons (Fsp3) is 0.400. The lowest BCUT2D eigenvalue weighted by Crippen LogP contribution is -2.49. The van der Waals surface area contributed by atoms with Gasteiger partial charge in [-0.15, -0.1) is 11.3 Å². The quantitative estimate of drug-likeness (QED) is 0.275. The molecule has 1 aliphatic rings. The number of thiazole rings is 1. The summed E-state index contributed by atoms with van der Waals surface area (Å²) in [5.41, 5.74) is 2.08. The Labute approximate surface area is 253 Å². The first-order valence-electron chi connectivity index (χ1n) is 14.4. The van der Waals surface area contributed by atoms with Crippen LogP contribution in [0.15, 0.2) is 54.3 Å². The van der Waals surface area contributed by atoms with E-state index in [9.17, 15) is 19.2 Å². The average Bonchev–Trinajstić information content (AvgIpc) is 3.73. The van der Waals surface area contributed by atoms with Gasteiger partial charge in [0.2, 0.25) is 11.8 Å². The van der Waals surface area contributed by atoms with E-state index in [1.54, 1.807) is 26.9 Å². The van der Waals surface area contributed by atoms with Gasteiger partial charge in [-0.2, -0.15) is 5.10 Å².